The molecule has 2 heterocycles. The molecule has 0 atom stereocenters. The average molecular weight is 259 g/mol. The molecule has 2 rings (SSSR count). The standard InChI is InChI=1S/C8H13N5O3S/c1-12-8(9-10-11-12)17(15,16)6-7(14)13-4-2-3-5-13/h2-6H2,1H3. The first-order valence-electron chi connectivity index (χ1n) is 5.23. The number of tetrazole rings is 1. The summed E-state index contributed by atoms with van der Waals surface area (Å²) in [6.07, 6.45) is 1.86. The van der Waals surface area contributed by atoms with Crippen LogP contribution in [0.5, 0.6) is 0 Å². The minimum atomic E-state index is -3.75. The maximum atomic E-state index is 11.9. The van der Waals surface area contributed by atoms with E-state index in [0.717, 1.165) is 17.5 Å². The summed E-state index contributed by atoms with van der Waals surface area (Å²) in [6, 6.07) is 0. The number of likely N-dealkylation sites (tertiary alicyclic amines) is 1. The van der Waals surface area contributed by atoms with Crippen molar-refractivity contribution >= 4 is 15.7 Å². The quantitative estimate of drug-likeness (QED) is 0.662. The molecule has 0 saturated carbocycles. The second kappa shape index (κ2) is 4.40. The smallest absolute Gasteiger partial charge is 0.267 e. The molecule has 1 aliphatic rings. The summed E-state index contributed by atoms with van der Waals surface area (Å²) in [7, 11) is -2.32. The number of sulfone groups is 1. The van der Waals surface area contributed by atoms with Crippen LogP contribution >= 0.6 is 0 Å². The fraction of sp³-hybridized carbons (Fsp3) is 0.750. The van der Waals surface area contributed by atoms with E-state index in [4.69, 9.17) is 0 Å². The molecule has 0 unspecified atom stereocenters. The van der Waals surface area contributed by atoms with Gasteiger partial charge in [-0.25, -0.2) is 13.1 Å². The number of amides is 1. The Morgan fingerprint density at radius 2 is 2.00 bits per heavy atom. The van der Waals surface area contributed by atoms with Gasteiger partial charge in [-0.2, -0.15) is 0 Å². The van der Waals surface area contributed by atoms with Gasteiger partial charge in [-0.3, -0.25) is 4.79 Å². The van der Waals surface area contributed by atoms with Crippen molar-refractivity contribution < 1.29 is 13.2 Å². The Morgan fingerprint density at radius 1 is 1.35 bits per heavy atom. The third-order valence-electron chi connectivity index (χ3n) is 2.63. The summed E-state index contributed by atoms with van der Waals surface area (Å²) in [5.41, 5.74) is 0. The highest BCUT2D eigenvalue weighted by atomic mass is 32.2. The van der Waals surface area contributed by atoms with Gasteiger partial charge in [0.1, 0.15) is 5.75 Å². The van der Waals surface area contributed by atoms with Gasteiger partial charge in [-0.1, -0.05) is 5.10 Å². The first-order valence-corrected chi connectivity index (χ1v) is 6.89. The van der Waals surface area contributed by atoms with Crippen LogP contribution in [0.25, 0.3) is 0 Å². The first-order chi connectivity index (χ1) is 8.00. The van der Waals surface area contributed by atoms with Gasteiger partial charge in [0.05, 0.1) is 0 Å². The van der Waals surface area contributed by atoms with Crippen LogP contribution in [-0.2, 0) is 21.7 Å². The maximum Gasteiger partial charge on any atom is 0.267 e. The predicted molar refractivity (Wildman–Crippen MR) is 56.7 cm³/mol. The lowest BCUT2D eigenvalue weighted by Gasteiger charge is -2.14. The highest BCUT2D eigenvalue weighted by Gasteiger charge is 2.28. The van der Waals surface area contributed by atoms with Gasteiger partial charge in [-0.15, -0.1) is 0 Å². The molecule has 1 fully saturated rings. The third-order valence-corrected chi connectivity index (χ3v) is 4.16. The molecule has 1 aromatic heterocycles. The highest BCUT2D eigenvalue weighted by molar-refractivity contribution is 7.91. The van der Waals surface area contributed by atoms with Gasteiger partial charge in [0.15, 0.2) is 0 Å². The van der Waals surface area contributed by atoms with Crippen molar-refractivity contribution in [1.29, 1.82) is 0 Å². The molecule has 0 aromatic carbocycles. The minimum Gasteiger partial charge on any atom is -0.342 e. The van der Waals surface area contributed by atoms with Crippen LogP contribution in [0.3, 0.4) is 0 Å². The molecule has 8 nitrogen and oxygen atoms in total. The van der Waals surface area contributed by atoms with Gasteiger partial charge in [0.25, 0.3) is 5.16 Å². The molecule has 0 spiro atoms. The van der Waals surface area contributed by atoms with Gasteiger partial charge in [-0.05, 0) is 23.3 Å². The zero-order valence-corrected chi connectivity index (χ0v) is 10.2. The number of carbonyl (C=O) groups is 1. The topological polar surface area (TPSA) is 98.0 Å². The lowest BCUT2D eigenvalue weighted by atomic mass is 10.4. The van der Waals surface area contributed by atoms with Gasteiger partial charge < -0.3 is 4.90 Å². The van der Waals surface area contributed by atoms with Gasteiger partial charge >= 0.3 is 0 Å². The molecular weight excluding hydrogens is 246 g/mol. The SMILES string of the molecule is Cn1nnnc1S(=O)(=O)CC(=O)N1CCCC1. The molecule has 0 radical (unpaired) electrons. The molecule has 0 bridgehead atoms. The summed E-state index contributed by atoms with van der Waals surface area (Å²) in [4.78, 5) is 13.3. The molecular formula is C8H13N5O3S. The number of nitrogens with zero attached hydrogens (tertiary/aromatic N) is 5. The van der Waals surface area contributed by atoms with E-state index in [-0.39, 0.29) is 11.1 Å². The van der Waals surface area contributed by atoms with E-state index in [1.54, 1.807) is 4.90 Å². The number of aryl methyl sites for hydroxylation is 1. The molecule has 1 aliphatic heterocycles. The summed E-state index contributed by atoms with van der Waals surface area (Å²) in [6.45, 7) is 1.26. The van der Waals surface area contributed by atoms with Crippen molar-refractivity contribution in [2.24, 2.45) is 7.05 Å². The molecule has 1 saturated heterocycles. The minimum absolute atomic E-state index is 0.273. The van der Waals surface area contributed by atoms with E-state index in [9.17, 15) is 13.2 Å². The summed E-state index contributed by atoms with van der Waals surface area (Å²) in [5, 5.41) is 9.83. The zero-order valence-electron chi connectivity index (χ0n) is 9.40. The number of hydrogen-bond acceptors (Lipinski definition) is 6. The van der Waals surface area contributed by atoms with E-state index in [1.807, 2.05) is 0 Å². The molecule has 0 N–H and O–H groups in total. The maximum absolute atomic E-state index is 11.9. The van der Waals surface area contributed by atoms with Crippen LogP contribution < -0.4 is 0 Å². The fourth-order valence-electron chi connectivity index (χ4n) is 1.77. The summed E-state index contributed by atoms with van der Waals surface area (Å²) < 4.78 is 24.8. The van der Waals surface area contributed by atoms with Crippen LogP contribution in [-0.4, -0.2) is 58.3 Å². The summed E-state index contributed by atoms with van der Waals surface area (Å²) >= 11 is 0. The number of aromatic nitrogens is 4. The van der Waals surface area contributed by atoms with Crippen LogP contribution in [0.1, 0.15) is 12.8 Å². The third kappa shape index (κ3) is 2.43. The Hall–Kier alpha value is -1.51. The van der Waals surface area contributed by atoms with Crippen LogP contribution in [0, 0.1) is 0 Å². The van der Waals surface area contributed by atoms with Crippen LogP contribution in [0.2, 0.25) is 0 Å². The van der Waals surface area contributed by atoms with Crippen molar-refractivity contribution in [3.63, 3.8) is 0 Å². The monoisotopic (exact) mass is 259 g/mol. The van der Waals surface area contributed by atoms with Crippen molar-refractivity contribution in [2.75, 3.05) is 18.8 Å². The molecule has 1 aromatic rings. The molecule has 17 heavy (non-hydrogen) atoms. The number of hydrogen-bond donors (Lipinski definition) is 0. The van der Waals surface area contributed by atoms with Crippen LogP contribution in [0.4, 0.5) is 0 Å². The predicted octanol–water partition coefficient (Wildman–Crippen LogP) is -1.39. The normalized spacial score (nSPS) is 16.4. The molecule has 1 amide bonds. The summed E-state index contributed by atoms with van der Waals surface area (Å²) in [5.74, 6) is -0.952. The highest BCUT2D eigenvalue weighted by Crippen LogP contribution is 2.11. The molecule has 9 heteroatoms. The Labute approximate surface area is 98.5 Å². The Morgan fingerprint density at radius 3 is 2.53 bits per heavy atom. The van der Waals surface area contributed by atoms with E-state index in [1.165, 1.54) is 7.05 Å². The van der Waals surface area contributed by atoms with Crippen molar-refractivity contribution in [1.82, 2.24) is 25.1 Å². The van der Waals surface area contributed by atoms with Gasteiger partial charge in [0.2, 0.25) is 15.7 Å². The second-order valence-electron chi connectivity index (χ2n) is 3.93. The lowest BCUT2D eigenvalue weighted by Crippen LogP contribution is -2.34. The zero-order chi connectivity index (χ0) is 12.5. The second-order valence-corrected chi connectivity index (χ2v) is 5.82. The Bertz CT molecular complexity index is 517. The Kier molecular flexibility index (Phi) is 3.09. The molecule has 94 valence electrons. The number of rotatable bonds is 3. The Balaban J connectivity index is 2.12. The first kappa shape index (κ1) is 12.0. The fourth-order valence-corrected chi connectivity index (χ4v) is 3.01. The average Bonchev–Trinajstić information content (AvgIpc) is 2.85. The molecule has 0 aliphatic carbocycles. The van der Waals surface area contributed by atoms with Crippen LogP contribution in [0.15, 0.2) is 5.16 Å². The van der Waals surface area contributed by atoms with Crippen molar-refractivity contribution in [2.45, 2.75) is 18.0 Å². The van der Waals surface area contributed by atoms with Gasteiger partial charge in [0, 0.05) is 20.1 Å². The van der Waals surface area contributed by atoms with E-state index in [0.29, 0.717) is 13.1 Å². The van der Waals surface area contributed by atoms with E-state index >= 15 is 0 Å². The lowest BCUT2D eigenvalue weighted by molar-refractivity contribution is -0.127. The van der Waals surface area contributed by atoms with Crippen molar-refractivity contribution in [3.05, 3.63) is 0 Å². The van der Waals surface area contributed by atoms with E-state index < -0.39 is 15.6 Å². The van der Waals surface area contributed by atoms with E-state index in [2.05, 4.69) is 15.5 Å². The number of carbonyl (C=O) groups excluding carboxylic acids is 1. The van der Waals surface area contributed by atoms with Crippen molar-refractivity contribution in [3.8, 4) is 0 Å². The largest absolute Gasteiger partial charge is 0.342 e.